The summed E-state index contributed by atoms with van der Waals surface area (Å²) in [5.74, 6) is -0.467. The molecule has 0 amide bonds. The molecule has 0 aliphatic carbocycles. The lowest BCUT2D eigenvalue weighted by molar-refractivity contribution is -0.144. The number of aliphatic carboxylic acids is 1. The molecule has 0 radical (unpaired) electrons. The summed E-state index contributed by atoms with van der Waals surface area (Å²) < 4.78 is 19.4. The molecular formula is C25H26FNO3. The second-order valence-electron chi connectivity index (χ2n) is 7.18. The molecule has 0 heterocycles. The van der Waals surface area contributed by atoms with E-state index in [2.05, 4.69) is 0 Å². The van der Waals surface area contributed by atoms with E-state index in [1.54, 1.807) is 18.2 Å². The number of benzene rings is 3. The second-order valence-corrected chi connectivity index (χ2v) is 7.18. The van der Waals surface area contributed by atoms with Gasteiger partial charge in [-0.2, -0.15) is 0 Å². The summed E-state index contributed by atoms with van der Waals surface area (Å²) in [4.78, 5) is 13.7. The molecule has 1 N–H and O–H groups in total. The summed E-state index contributed by atoms with van der Waals surface area (Å²) in [6.45, 7) is 3.10. The molecule has 3 rings (SSSR count). The molecule has 3 aromatic carbocycles. The molecular weight excluding hydrogens is 381 g/mol. The maximum atomic E-state index is 13.7. The van der Waals surface area contributed by atoms with Gasteiger partial charge in [0.2, 0.25) is 0 Å². The first-order valence-electron chi connectivity index (χ1n) is 10.0. The Balaban J connectivity index is 1.68. The van der Waals surface area contributed by atoms with Crippen LogP contribution in [0.4, 0.5) is 4.39 Å². The Kier molecular flexibility index (Phi) is 7.57. The highest BCUT2D eigenvalue weighted by molar-refractivity contribution is 5.73. The van der Waals surface area contributed by atoms with Crippen molar-refractivity contribution in [2.75, 3.05) is 0 Å². The molecule has 1 atom stereocenters. The molecule has 0 fully saturated rings. The molecule has 1 unspecified atom stereocenters. The number of hydrogen-bond donors (Lipinski definition) is 1. The molecule has 3 aromatic rings. The van der Waals surface area contributed by atoms with Crippen LogP contribution in [0.2, 0.25) is 0 Å². The van der Waals surface area contributed by atoms with E-state index in [1.807, 2.05) is 66.4 Å². The molecule has 0 spiro atoms. The normalized spacial score (nSPS) is 12.0. The average molecular weight is 407 g/mol. The van der Waals surface area contributed by atoms with Crippen LogP contribution in [0.5, 0.6) is 5.75 Å². The highest BCUT2D eigenvalue weighted by Crippen LogP contribution is 2.19. The number of carboxylic acid groups (broad SMARTS) is 1. The maximum absolute atomic E-state index is 13.7. The Bertz CT molecular complexity index is 944. The fraction of sp³-hybridized carbons (Fsp3) is 0.240. The highest BCUT2D eigenvalue weighted by Gasteiger charge is 2.24. The molecule has 4 nitrogen and oxygen atoms in total. The van der Waals surface area contributed by atoms with Crippen molar-refractivity contribution >= 4 is 5.97 Å². The number of hydrogen-bond acceptors (Lipinski definition) is 3. The molecule has 0 bridgehead atoms. The van der Waals surface area contributed by atoms with Crippen molar-refractivity contribution in [3.8, 4) is 5.75 Å². The molecule has 0 aliphatic rings. The van der Waals surface area contributed by atoms with Gasteiger partial charge in [-0.1, -0.05) is 67.6 Å². The third-order valence-electron chi connectivity index (χ3n) is 5.00. The number of halogens is 1. The van der Waals surface area contributed by atoms with Crippen LogP contribution in [-0.4, -0.2) is 22.0 Å². The SMILES string of the molecule is CCC(C(=O)O)N(Cc1ccccc1)Cc1ccc(OCc2ccccc2F)cc1. The van der Waals surface area contributed by atoms with Gasteiger partial charge in [-0.25, -0.2) is 4.39 Å². The first-order valence-corrected chi connectivity index (χ1v) is 10.0. The lowest BCUT2D eigenvalue weighted by Crippen LogP contribution is -2.39. The zero-order chi connectivity index (χ0) is 21.3. The van der Waals surface area contributed by atoms with E-state index in [4.69, 9.17) is 4.74 Å². The summed E-state index contributed by atoms with van der Waals surface area (Å²) in [6.07, 6.45) is 0.520. The maximum Gasteiger partial charge on any atom is 0.320 e. The summed E-state index contributed by atoms with van der Waals surface area (Å²) in [5.41, 5.74) is 2.56. The van der Waals surface area contributed by atoms with E-state index >= 15 is 0 Å². The fourth-order valence-corrected chi connectivity index (χ4v) is 3.39. The van der Waals surface area contributed by atoms with Crippen LogP contribution in [0.1, 0.15) is 30.0 Å². The van der Waals surface area contributed by atoms with Gasteiger partial charge in [0.1, 0.15) is 24.2 Å². The van der Waals surface area contributed by atoms with Crippen molar-refractivity contribution in [2.24, 2.45) is 0 Å². The van der Waals surface area contributed by atoms with Gasteiger partial charge >= 0.3 is 5.97 Å². The van der Waals surface area contributed by atoms with Crippen LogP contribution in [0.25, 0.3) is 0 Å². The highest BCUT2D eigenvalue weighted by atomic mass is 19.1. The topological polar surface area (TPSA) is 49.8 Å². The van der Waals surface area contributed by atoms with Crippen molar-refractivity contribution in [1.29, 1.82) is 0 Å². The van der Waals surface area contributed by atoms with Crippen molar-refractivity contribution in [1.82, 2.24) is 4.90 Å². The lowest BCUT2D eigenvalue weighted by atomic mass is 10.1. The second kappa shape index (κ2) is 10.6. The smallest absolute Gasteiger partial charge is 0.320 e. The standard InChI is InChI=1S/C25H26FNO3/c1-2-24(25(28)29)27(16-19-8-4-3-5-9-19)17-20-12-14-22(15-13-20)30-18-21-10-6-7-11-23(21)26/h3-15,24H,2,16-18H2,1H3,(H,28,29). The van der Waals surface area contributed by atoms with Gasteiger partial charge in [0.25, 0.3) is 0 Å². The summed E-state index contributed by atoms with van der Waals surface area (Å²) in [5, 5.41) is 9.65. The summed E-state index contributed by atoms with van der Waals surface area (Å²) >= 11 is 0. The predicted octanol–water partition coefficient (Wildman–Crippen LogP) is 5.27. The van der Waals surface area contributed by atoms with Crippen LogP contribution in [0.3, 0.4) is 0 Å². The van der Waals surface area contributed by atoms with Gasteiger partial charge < -0.3 is 9.84 Å². The third-order valence-corrected chi connectivity index (χ3v) is 5.00. The van der Waals surface area contributed by atoms with Crippen molar-refractivity contribution in [3.05, 3.63) is 101 Å². The van der Waals surface area contributed by atoms with Gasteiger partial charge in [-0.3, -0.25) is 9.69 Å². The Morgan fingerprint density at radius 3 is 2.13 bits per heavy atom. The molecule has 156 valence electrons. The number of rotatable bonds is 10. The van der Waals surface area contributed by atoms with Crippen molar-refractivity contribution < 1.29 is 19.0 Å². The molecule has 0 aromatic heterocycles. The average Bonchev–Trinajstić information content (AvgIpc) is 2.75. The number of carboxylic acids is 1. The fourth-order valence-electron chi connectivity index (χ4n) is 3.39. The van der Waals surface area contributed by atoms with Gasteiger partial charge in [-0.15, -0.1) is 0 Å². The van der Waals surface area contributed by atoms with E-state index < -0.39 is 12.0 Å². The van der Waals surface area contributed by atoms with Gasteiger partial charge in [0, 0.05) is 18.7 Å². The van der Waals surface area contributed by atoms with E-state index in [1.165, 1.54) is 6.07 Å². The van der Waals surface area contributed by atoms with Gasteiger partial charge in [-0.05, 0) is 35.7 Å². The third kappa shape index (κ3) is 5.91. The molecule has 0 aliphatic heterocycles. The van der Waals surface area contributed by atoms with E-state index in [0.717, 1.165) is 11.1 Å². The van der Waals surface area contributed by atoms with Crippen LogP contribution in [-0.2, 0) is 24.5 Å². The summed E-state index contributed by atoms with van der Waals surface area (Å²) in [7, 11) is 0. The Labute approximate surface area is 176 Å². The molecule has 30 heavy (non-hydrogen) atoms. The van der Waals surface area contributed by atoms with Crippen LogP contribution < -0.4 is 4.74 Å². The minimum absolute atomic E-state index is 0.156. The van der Waals surface area contributed by atoms with Gasteiger partial charge in [0.15, 0.2) is 0 Å². The largest absolute Gasteiger partial charge is 0.489 e. The zero-order valence-corrected chi connectivity index (χ0v) is 17.0. The van der Waals surface area contributed by atoms with E-state index in [9.17, 15) is 14.3 Å². The zero-order valence-electron chi connectivity index (χ0n) is 17.0. The minimum Gasteiger partial charge on any atom is -0.489 e. The number of ether oxygens (including phenoxy) is 1. The molecule has 0 saturated carbocycles. The van der Waals surface area contributed by atoms with Crippen molar-refractivity contribution in [2.45, 2.75) is 39.1 Å². The van der Waals surface area contributed by atoms with E-state index in [0.29, 0.717) is 30.8 Å². The Morgan fingerprint density at radius 2 is 1.53 bits per heavy atom. The Morgan fingerprint density at radius 1 is 0.933 bits per heavy atom. The van der Waals surface area contributed by atoms with Crippen molar-refractivity contribution in [3.63, 3.8) is 0 Å². The van der Waals surface area contributed by atoms with Gasteiger partial charge in [0.05, 0.1) is 0 Å². The van der Waals surface area contributed by atoms with Crippen LogP contribution >= 0.6 is 0 Å². The lowest BCUT2D eigenvalue weighted by Gasteiger charge is -2.28. The number of carbonyl (C=O) groups is 1. The summed E-state index contributed by atoms with van der Waals surface area (Å²) in [6, 6.07) is 23.3. The Hall–Kier alpha value is -3.18. The first-order chi connectivity index (χ1) is 14.6. The monoisotopic (exact) mass is 407 g/mol. The minimum atomic E-state index is -0.821. The predicted molar refractivity (Wildman–Crippen MR) is 115 cm³/mol. The molecule has 0 saturated heterocycles. The van der Waals surface area contributed by atoms with Crippen LogP contribution in [0, 0.1) is 5.82 Å². The number of nitrogens with zero attached hydrogens (tertiary/aromatic N) is 1. The molecule has 5 heteroatoms. The van der Waals surface area contributed by atoms with E-state index in [-0.39, 0.29) is 12.4 Å². The van der Waals surface area contributed by atoms with Crippen LogP contribution in [0.15, 0.2) is 78.9 Å². The quantitative estimate of drug-likeness (QED) is 0.497. The first kappa shape index (κ1) is 21.5.